The number of alkyl carbamates (subject to hydrolysis) is 1. The first-order chi connectivity index (χ1) is 8.24. The monoisotopic (exact) mass is 254 g/mol. The Morgan fingerprint density at radius 3 is 2.61 bits per heavy atom. The second-order valence-electron chi connectivity index (χ2n) is 5.24. The Kier molecular flexibility index (Phi) is 4.34. The van der Waals surface area contributed by atoms with Crippen LogP contribution in [0.1, 0.15) is 38.1 Å². The fraction of sp³-hybridized carbons (Fsp3) is 0.667. The smallest absolute Gasteiger partial charge is 0.408 e. The Balaban J connectivity index is 2.74. The van der Waals surface area contributed by atoms with E-state index in [1.165, 1.54) is 0 Å². The summed E-state index contributed by atoms with van der Waals surface area (Å²) in [4.78, 5) is 11.7. The number of ether oxygens (including phenoxy) is 1. The highest BCUT2D eigenvalue weighted by atomic mass is 16.6. The lowest BCUT2D eigenvalue weighted by Gasteiger charge is -2.23. The molecule has 18 heavy (non-hydrogen) atoms. The van der Waals surface area contributed by atoms with Crippen LogP contribution in [0.15, 0.2) is 6.20 Å². The van der Waals surface area contributed by atoms with Crippen LogP contribution in [0.3, 0.4) is 0 Å². The molecule has 6 nitrogen and oxygen atoms in total. The number of aryl methyl sites for hydroxylation is 1. The van der Waals surface area contributed by atoms with Gasteiger partial charge in [-0.2, -0.15) is 5.10 Å². The molecule has 0 radical (unpaired) electrons. The Labute approximate surface area is 107 Å². The van der Waals surface area contributed by atoms with Gasteiger partial charge in [0.25, 0.3) is 0 Å². The van der Waals surface area contributed by atoms with E-state index in [1.807, 2.05) is 34.7 Å². The number of aromatic nitrogens is 2. The van der Waals surface area contributed by atoms with Crippen LogP contribution in [-0.2, 0) is 11.8 Å². The number of hydrogen-bond donors (Lipinski definition) is 2. The summed E-state index contributed by atoms with van der Waals surface area (Å²) in [7, 11) is 1.85. The summed E-state index contributed by atoms with van der Waals surface area (Å²) >= 11 is 0. The lowest BCUT2D eigenvalue weighted by molar-refractivity contribution is 0.0505. The highest BCUT2D eigenvalue weighted by Crippen LogP contribution is 2.16. The van der Waals surface area contributed by atoms with Gasteiger partial charge in [0.2, 0.25) is 0 Å². The number of carbonyl (C=O) groups excluding carboxylic acids is 1. The molecule has 0 aromatic carbocycles. The molecule has 1 atom stereocenters. The highest BCUT2D eigenvalue weighted by Gasteiger charge is 2.21. The van der Waals surface area contributed by atoms with Crippen molar-refractivity contribution in [3.63, 3.8) is 0 Å². The van der Waals surface area contributed by atoms with Crippen molar-refractivity contribution in [3.8, 4) is 0 Å². The summed E-state index contributed by atoms with van der Waals surface area (Å²) in [5.74, 6) is 0. The quantitative estimate of drug-likeness (QED) is 0.850. The van der Waals surface area contributed by atoms with E-state index >= 15 is 0 Å². The molecule has 0 bridgehead atoms. The van der Waals surface area contributed by atoms with Crippen LogP contribution >= 0.6 is 0 Å². The van der Waals surface area contributed by atoms with Crippen molar-refractivity contribution in [2.24, 2.45) is 12.8 Å². The first-order valence-corrected chi connectivity index (χ1v) is 5.92. The number of nitrogens with one attached hydrogen (secondary N) is 1. The summed E-state index contributed by atoms with van der Waals surface area (Å²) in [5, 5.41) is 6.89. The molecule has 1 amide bonds. The Morgan fingerprint density at radius 2 is 2.22 bits per heavy atom. The average molecular weight is 254 g/mol. The maximum absolute atomic E-state index is 11.7. The molecule has 3 N–H and O–H groups in total. The van der Waals surface area contributed by atoms with Crippen LogP contribution < -0.4 is 11.1 Å². The zero-order valence-corrected chi connectivity index (χ0v) is 11.7. The number of amides is 1. The third kappa shape index (κ3) is 3.73. The van der Waals surface area contributed by atoms with Crippen LogP contribution in [0, 0.1) is 6.92 Å². The first kappa shape index (κ1) is 14.5. The minimum Gasteiger partial charge on any atom is -0.444 e. The van der Waals surface area contributed by atoms with Gasteiger partial charge in [-0.15, -0.1) is 0 Å². The zero-order valence-electron chi connectivity index (χ0n) is 11.7. The van der Waals surface area contributed by atoms with Gasteiger partial charge >= 0.3 is 6.09 Å². The predicted molar refractivity (Wildman–Crippen MR) is 69.1 cm³/mol. The van der Waals surface area contributed by atoms with Crippen LogP contribution in [-0.4, -0.2) is 28.0 Å². The molecule has 1 rings (SSSR count). The van der Waals surface area contributed by atoms with Gasteiger partial charge in [0.1, 0.15) is 5.60 Å². The fourth-order valence-corrected chi connectivity index (χ4v) is 1.57. The van der Waals surface area contributed by atoms with Crippen LogP contribution in [0.4, 0.5) is 4.79 Å². The van der Waals surface area contributed by atoms with Gasteiger partial charge in [-0.25, -0.2) is 4.79 Å². The number of carbonyl (C=O) groups is 1. The van der Waals surface area contributed by atoms with Crippen molar-refractivity contribution in [3.05, 3.63) is 17.5 Å². The topological polar surface area (TPSA) is 82.2 Å². The fourth-order valence-electron chi connectivity index (χ4n) is 1.57. The minimum absolute atomic E-state index is 0.284. The van der Waals surface area contributed by atoms with Crippen molar-refractivity contribution >= 4 is 6.09 Å². The van der Waals surface area contributed by atoms with E-state index in [0.717, 1.165) is 11.3 Å². The lowest BCUT2D eigenvalue weighted by atomic mass is 10.1. The van der Waals surface area contributed by atoms with Gasteiger partial charge in [-0.3, -0.25) is 4.68 Å². The maximum Gasteiger partial charge on any atom is 0.408 e. The van der Waals surface area contributed by atoms with Gasteiger partial charge in [-0.05, 0) is 27.7 Å². The maximum atomic E-state index is 11.7. The van der Waals surface area contributed by atoms with Crippen molar-refractivity contribution in [2.75, 3.05) is 6.54 Å². The SMILES string of the molecule is Cc1c(C(CN)NC(=O)OC(C)(C)C)cnn1C. The van der Waals surface area contributed by atoms with Crippen LogP contribution in [0.2, 0.25) is 0 Å². The molecule has 1 heterocycles. The second-order valence-corrected chi connectivity index (χ2v) is 5.24. The molecule has 1 aromatic heterocycles. The first-order valence-electron chi connectivity index (χ1n) is 5.92. The Hall–Kier alpha value is -1.56. The number of nitrogens with zero attached hydrogens (tertiary/aromatic N) is 2. The van der Waals surface area contributed by atoms with E-state index in [-0.39, 0.29) is 6.04 Å². The zero-order chi connectivity index (χ0) is 13.9. The largest absolute Gasteiger partial charge is 0.444 e. The van der Waals surface area contributed by atoms with Gasteiger partial charge in [0.05, 0.1) is 12.2 Å². The lowest BCUT2D eigenvalue weighted by Crippen LogP contribution is -2.37. The van der Waals surface area contributed by atoms with E-state index in [9.17, 15) is 4.79 Å². The minimum atomic E-state index is -0.521. The molecule has 102 valence electrons. The van der Waals surface area contributed by atoms with Crippen LogP contribution in [0.25, 0.3) is 0 Å². The third-order valence-electron chi connectivity index (χ3n) is 2.58. The second kappa shape index (κ2) is 5.39. The van der Waals surface area contributed by atoms with Crippen LogP contribution in [0.5, 0.6) is 0 Å². The summed E-state index contributed by atoms with van der Waals surface area (Å²) in [6.07, 6.45) is 1.24. The van der Waals surface area contributed by atoms with Crippen molar-refractivity contribution < 1.29 is 9.53 Å². The Morgan fingerprint density at radius 1 is 1.61 bits per heavy atom. The van der Waals surface area contributed by atoms with E-state index in [1.54, 1.807) is 10.9 Å². The molecule has 0 spiro atoms. The van der Waals surface area contributed by atoms with Crippen molar-refractivity contribution in [2.45, 2.75) is 39.3 Å². The summed E-state index contributed by atoms with van der Waals surface area (Å²) in [5.41, 5.74) is 7.05. The van der Waals surface area contributed by atoms with E-state index in [0.29, 0.717) is 6.54 Å². The molecular weight excluding hydrogens is 232 g/mol. The molecular formula is C12H22N4O2. The Bertz CT molecular complexity index is 420. The summed E-state index contributed by atoms with van der Waals surface area (Å²) in [6, 6.07) is -0.284. The molecule has 1 unspecified atom stereocenters. The van der Waals surface area contributed by atoms with Crippen molar-refractivity contribution in [1.82, 2.24) is 15.1 Å². The molecule has 0 aliphatic heterocycles. The molecule has 0 fully saturated rings. The number of nitrogens with two attached hydrogens (primary N) is 1. The van der Waals surface area contributed by atoms with Gasteiger partial charge in [0, 0.05) is 24.8 Å². The van der Waals surface area contributed by atoms with Crippen molar-refractivity contribution in [1.29, 1.82) is 0 Å². The highest BCUT2D eigenvalue weighted by molar-refractivity contribution is 5.68. The molecule has 6 heteroatoms. The standard InChI is InChI=1S/C12H22N4O2/c1-8-9(7-14-16(8)5)10(6-13)15-11(17)18-12(2,3)4/h7,10H,6,13H2,1-5H3,(H,15,17). The van der Waals surface area contributed by atoms with E-state index < -0.39 is 11.7 Å². The molecule has 0 aliphatic rings. The molecule has 0 saturated heterocycles. The molecule has 1 aromatic rings. The normalized spacial score (nSPS) is 13.2. The average Bonchev–Trinajstić information content (AvgIpc) is 2.54. The van der Waals surface area contributed by atoms with E-state index in [4.69, 9.17) is 10.5 Å². The van der Waals surface area contributed by atoms with Gasteiger partial charge < -0.3 is 15.8 Å². The summed E-state index contributed by atoms with van der Waals surface area (Å²) < 4.78 is 6.95. The number of hydrogen-bond acceptors (Lipinski definition) is 4. The summed E-state index contributed by atoms with van der Waals surface area (Å²) in [6.45, 7) is 7.69. The van der Waals surface area contributed by atoms with E-state index in [2.05, 4.69) is 10.4 Å². The predicted octanol–water partition coefficient (Wildman–Crippen LogP) is 1.25. The number of rotatable bonds is 3. The molecule has 0 saturated carbocycles. The van der Waals surface area contributed by atoms with Gasteiger partial charge in [0.15, 0.2) is 0 Å². The third-order valence-corrected chi connectivity index (χ3v) is 2.58. The van der Waals surface area contributed by atoms with Gasteiger partial charge in [-0.1, -0.05) is 0 Å². The molecule has 0 aliphatic carbocycles.